The number of halogens is 2. The minimum Gasteiger partial charge on any atom is -0.448 e. The monoisotopic (exact) mass is 442 g/mol. The first-order valence-electron chi connectivity index (χ1n) is 8.64. The van der Waals surface area contributed by atoms with Crippen molar-refractivity contribution in [2.75, 3.05) is 35.6 Å². The zero-order valence-corrected chi connectivity index (χ0v) is 17.1. The van der Waals surface area contributed by atoms with Gasteiger partial charge in [0.2, 0.25) is 5.91 Å². The summed E-state index contributed by atoms with van der Waals surface area (Å²) >= 11 is 10.9. The Kier molecular flexibility index (Phi) is 8.75. The Hall–Kier alpha value is -2.78. The minimum atomic E-state index is -0.741. The second-order valence-electron chi connectivity index (χ2n) is 5.71. The number of nitrogens with zero attached hydrogens (tertiary/aromatic N) is 2. The average molecular weight is 443 g/mol. The fourth-order valence-corrected chi connectivity index (χ4v) is 2.41. The van der Waals surface area contributed by atoms with Gasteiger partial charge in [0.15, 0.2) is 0 Å². The summed E-state index contributed by atoms with van der Waals surface area (Å²) in [5.41, 5.74) is 1.22. The Labute approximate surface area is 177 Å². The van der Waals surface area contributed by atoms with Gasteiger partial charge < -0.3 is 14.8 Å². The van der Waals surface area contributed by atoms with Crippen molar-refractivity contribution in [1.82, 2.24) is 9.78 Å². The third kappa shape index (κ3) is 6.65. The lowest BCUT2D eigenvalue weighted by Crippen LogP contribution is -2.24. The second kappa shape index (κ2) is 11.3. The lowest BCUT2D eigenvalue weighted by molar-refractivity contribution is -0.117. The summed E-state index contributed by atoms with van der Waals surface area (Å²) < 4.78 is 10.7. The van der Waals surface area contributed by atoms with E-state index in [1.54, 1.807) is 31.2 Å². The molecule has 0 spiro atoms. The predicted octanol–water partition coefficient (Wildman–Crippen LogP) is 3.64. The highest BCUT2D eigenvalue weighted by Crippen LogP contribution is 2.20. The van der Waals surface area contributed by atoms with Gasteiger partial charge in [0, 0.05) is 11.8 Å². The Morgan fingerprint density at radius 1 is 1.03 bits per heavy atom. The molecule has 0 fully saturated rings. The molecule has 0 bridgehead atoms. The first kappa shape index (κ1) is 22.5. The summed E-state index contributed by atoms with van der Waals surface area (Å²) in [6, 6.07) is 8.18. The van der Waals surface area contributed by atoms with Crippen LogP contribution in [0.25, 0.3) is 0 Å². The molecule has 2 amide bonds. The number of nitrogens with one attached hydrogen (secondary N) is 2. The number of alkyl halides is 2. The van der Waals surface area contributed by atoms with Gasteiger partial charge in [-0.3, -0.25) is 10.1 Å². The number of hydrogen-bond donors (Lipinski definition) is 2. The van der Waals surface area contributed by atoms with E-state index in [9.17, 15) is 14.4 Å². The minimum absolute atomic E-state index is 0.0316. The van der Waals surface area contributed by atoms with Crippen LogP contribution in [0.4, 0.5) is 21.1 Å². The van der Waals surface area contributed by atoms with Crippen LogP contribution >= 0.6 is 23.2 Å². The van der Waals surface area contributed by atoms with Crippen LogP contribution in [0.15, 0.2) is 36.5 Å². The van der Waals surface area contributed by atoms with Gasteiger partial charge >= 0.3 is 12.2 Å². The van der Waals surface area contributed by atoms with Gasteiger partial charge in [-0.2, -0.15) is 5.10 Å². The molecule has 2 N–H and O–H groups in total. The van der Waals surface area contributed by atoms with Crippen LogP contribution in [0.2, 0.25) is 0 Å². The molecule has 2 rings (SSSR count). The van der Waals surface area contributed by atoms with Crippen molar-refractivity contribution < 1.29 is 23.9 Å². The molecule has 0 radical (unpaired) electrons. The zero-order valence-electron chi connectivity index (χ0n) is 15.6. The van der Waals surface area contributed by atoms with E-state index in [1.165, 1.54) is 12.3 Å². The molecule has 0 aliphatic carbocycles. The van der Waals surface area contributed by atoms with Crippen molar-refractivity contribution >= 4 is 52.8 Å². The molecule has 1 atom stereocenters. The van der Waals surface area contributed by atoms with E-state index in [0.29, 0.717) is 11.3 Å². The van der Waals surface area contributed by atoms with Crippen LogP contribution in [-0.2, 0) is 14.3 Å². The van der Waals surface area contributed by atoms with Crippen molar-refractivity contribution in [2.24, 2.45) is 0 Å². The van der Waals surface area contributed by atoms with Crippen LogP contribution < -0.4 is 10.6 Å². The first-order valence-corrected chi connectivity index (χ1v) is 9.71. The molecule has 1 heterocycles. The van der Waals surface area contributed by atoms with Crippen molar-refractivity contribution in [3.63, 3.8) is 0 Å². The summed E-state index contributed by atoms with van der Waals surface area (Å²) in [5, 5.41) is 9.03. The maximum absolute atomic E-state index is 12.6. The number of rotatable bonds is 8. The van der Waals surface area contributed by atoms with E-state index in [1.807, 2.05) is 0 Å². The molecule has 29 heavy (non-hydrogen) atoms. The van der Waals surface area contributed by atoms with Crippen LogP contribution in [0.3, 0.4) is 0 Å². The van der Waals surface area contributed by atoms with Crippen molar-refractivity contribution in [3.8, 4) is 0 Å². The highest BCUT2D eigenvalue weighted by Gasteiger charge is 2.19. The van der Waals surface area contributed by atoms with Gasteiger partial charge in [-0.15, -0.1) is 27.9 Å². The molecule has 0 aliphatic rings. The van der Waals surface area contributed by atoms with E-state index in [4.69, 9.17) is 32.7 Å². The van der Waals surface area contributed by atoms with Gasteiger partial charge in [-0.25, -0.2) is 9.59 Å². The molecule has 9 nitrogen and oxygen atoms in total. The summed E-state index contributed by atoms with van der Waals surface area (Å²) in [6.07, 6.45) is 0.0139. The van der Waals surface area contributed by atoms with Crippen LogP contribution in [0, 0.1) is 0 Å². The van der Waals surface area contributed by atoms with Gasteiger partial charge in [0.1, 0.15) is 19.0 Å². The Morgan fingerprint density at radius 3 is 2.34 bits per heavy atom. The topological polar surface area (TPSA) is 112 Å². The number of carbonyl (C=O) groups is 3. The normalized spacial score (nSPS) is 11.4. The molecule has 1 aromatic carbocycles. The standard InChI is InChI=1S/C18H20Cl2N4O5/c1-12(13-2-4-14(5-3-13)22-17(26)28-10-7-19)16(25)23-15-6-9-21-24(15)18(27)29-11-8-20/h2-6,9,12H,7-8,10-11H2,1H3,(H,22,26)(H,23,25). The molecule has 2 aromatic rings. The maximum Gasteiger partial charge on any atom is 0.436 e. The molecule has 0 aliphatic heterocycles. The maximum atomic E-state index is 12.6. The van der Waals surface area contributed by atoms with E-state index in [2.05, 4.69) is 15.7 Å². The highest BCUT2D eigenvalue weighted by atomic mass is 35.5. The number of ether oxygens (including phenoxy) is 2. The second-order valence-corrected chi connectivity index (χ2v) is 6.47. The lowest BCUT2D eigenvalue weighted by atomic mass is 10.00. The number of hydrogen-bond acceptors (Lipinski definition) is 6. The average Bonchev–Trinajstić information content (AvgIpc) is 3.18. The molecular weight excluding hydrogens is 423 g/mol. The fraction of sp³-hybridized carbons (Fsp3) is 0.333. The molecule has 0 saturated carbocycles. The molecule has 1 unspecified atom stereocenters. The third-order valence-corrected chi connectivity index (χ3v) is 4.04. The van der Waals surface area contributed by atoms with E-state index in [-0.39, 0.29) is 36.7 Å². The SMILES string of the molecule is CC(C(=O)Nc1ccnn1C(=O)OCCCl)c1ccc(NC(=O)OCCCl)cc1. The van der Waals surface area contributed by atoms with Crippen molar-refractivity contribution in [2.45, 2.75) is 12.8 Å². The number of aromatic nitrogens is 2. The van der Waals surface area contributed by atoms with Crippen LogP contribution in [0.5, 0.6) is 0 Å². The molecule has 11 heteroatoms. The first-order chi connectivity index (χ1) is 14.0. The van der Waals surface area contributed by atoms with Gasteiger partial charge in [-0.1, -0.05) is 12.1 Å². The summed E-state index contributed by atoms with van der Waals surface area (Å²) in [5.74, 6) is -0.334. The van der Waals surface area contributed by atoms with Gasteiger partial charge in [-0.05, 0) is 24.6 Å². The molecular formula is C18H20Cl2N4O5. The van der Waals surface area contributed by atoms with E-state index < -0.39 is 18.1 Å². The largest absolute Gasteiger partial charge is 0.448 e. The van der Waals surface area contributed by atoms with Gasteiger partial charge in [0.25, 0.3) is 0 Å². The van der Waals surface area contributed by atoms with Crippen LogP contribution in [0.1, 0.15) is 18.4 Å². The summed E-state index contributed by atoms with van der Waals surface area (Å²) in [7, 11) is 0. The third-order valence-electron chi connectivity index (χ3n) is 3.73. The summed E-state index contributed by atoms with van der Waals surface area (Å²) in [4.78, 5) is 36.0. The van der Waals surface area contributed by atoms with Crippen LogP contribution in [-0.4, -0.2) is 52.8 Å². The number of carbonyl (C=O) groups excluding carboxylic acids is 3. The number of anilines is 2. The predicted molar refractivity (Wildman–Crippen MR) is 109 cm³/mol. The molecule has 156 valence electrons. The van der Waals surface area contributed by atoms with Crippen molar-refractivity contribution in [1.29, 1.82) is 0 Å². The Bertz CT molecular complexity index is 841. The number of amides is 2. The zero-order chi connectivity index (χ0) is 21.2. The fourth-order valence-electron chi connectivity index (χ4n) is 2.26. The van der Waals surface area contributed by atoms with E-state index in [0.717, 1.165) is 4.68 Å². The Morgan fingerprint density at radius 2 is 1.69 bits per heavy atom. The summed E-state index contributed by atoms with van der Waals surface area (Å²) in [6.45, 7) is 1.85. The quantitative estimate of drug-likeness (QED) is 0.603. The smallest absolute Gasteiger partial charge is 0.436 e. The lowest BCUT2D eigenvalue weighted by Gasteiger charge is -2.14. The van der Waals surface area contributed by atoms with Crippen molar-refractivity contribution in [3.05, 3.63) is 42.1 Å². The van der Waals surface area contributed by atoms with Gasteiger partial charge in [0.05, 0.1) is 23.9 Å². The Balaban J connectivity index is 1.98. The highest BCUT2D eigenvalue weighted by molar-refractivity contribution is 6.18. The molecule has 0 saturated heterocycles. The molecule has 1 aromatic heterocycles. The number of benzene rings is 1. The van der Waals surface area contributed by atoms with E-state index >= 15 is 0 Å².